The highest BCUT2D eigenvalue weighted by Gasteiger charge is 2.32. The molecule has 4 N–H and O–H groups in total. The summed E-state index contributed by atoms with van der Waals surface area (Å²) in [6.45, 7) is 12.2. The van der Waals surface area contributed by atoms with Crippen molar-refractivity contribution >= 4 is 29.0 Å². The number of benzene rings is 2. The lowest BCUT2D eigenvalue weighted by Gasteiger charge is -2.23. The molecule has 4 rings (SSSR count). The zero-order valence-electron chi connectivity index (χ0n) is 22.7. The van der Waals surface area contributed by atoms with Gasteiger partial charge in [0.05, 0.1) is 12.1 Å². The summed E-state index contributed by atoms with van der Waals surface area (Å²) < 4.78 is 5.21. The third kappa shape index (κ3) is 8.61. The van der Waals surface area contributed by atoms with Crippen LogP contribution in [0.5, 0.6) is 0 Å². The van der Waals surface area contributed by atoms with Crippen LogP contribution in [0.25, 0.3) is 0 Å². The van der Waals surface area contributed by atoms with E-state index in [2.05, 4.69) is 24.0 Å². The van der Waals surface area contributed by atoms with Gasteiger partial charge >= 0.3 is 0 Å². The zero-order chi connectivity index (χ0) is 27.5. The van der Waals surface area contributed by atoms with Crippen LogP contribution in [0.1, 0.15) is 77.4 Å². The lowest BCUT2D eigenvalue weighted by molar-refractivity contribution is 0.0735. The molecule has 0 bridgehead atoms. The first-order valence-corrected chi connectivity index (χ1v) is 13.5. The Balaban J connectivity index is 0.000000455. The van der Waals surface area contributed by atoms with Crippen molar-refractivity contribution in [2.24, 2.45) is 5.73 Å². The molecule has 198 valence electrons. The van der Waals surface area contributed by atoms with E-state index in [0.29, 0.717) is 17.7 Å². The van der Waals surface area contributed by atoms with E-state index in [4.69, 9.17) is 21.3 Å². The number of nitrogens with zero attached hydrogens (tertiary/aromatic N) is 2. The molecule has 1 amide bonds. The molecule has 2 heterocycles. The quantitative estimate of drug-likeness (QED) is 0.271. The van der Waals surface area contributed by atoms with Gasteiger partial charge in [0.1, 0.15) is 5.01 Å². The highest BCUT2D eigenvalue weighted by molar-refractivity contribution is 7.09. The zero-order valence-corrected chi connectivity index (χ0v) is 23.5. The van der Waals surface area contributed by atoms with Crippen LogP contribution < -0.4 is 5.73 Å². The molecule has 1 aromatic heterocycles. The number of aromatic nitrogens is 1. The number of hydrogen-bond donors (Lipinski definition) is 3. The monoisotopic (exact) mass is 521 g/mol. The minimum atomic E-state index is -0.599. The lowest BCUT2D eigenvalue weighted by atomic mass is 10.0. The lowest BCUT2D eigenvalue weighted by Crippen LogP contribution is -2.31. The number of carbonyl (C=O) groups excluding carboxylic acids is 1. The Labute approximate surface area is 224 Å². The molecule has 3 aromatic rings. The molecule has 0 saturated carbocycles. The van der Waals surface area contributed by atoms with Gasteiger partial charge in [0.15, 0.2) is 0 Å². The number of carbonyl (C=O) groups is 1. The highest BCUT2D eigenvalue weighted by Crippen LogP contribution is 2.35. The van der Waals surface area contributed by atoms with Gasteiger partial charge in [-0.25, -0.2) is 4.98 Å². The van der Waals surface area contributed by atoms with Crippen molar-refractivity contribution in [2.75, 3.05) is 6.54 Å². The minimum Gasteiger partial charge on any atom is -0.424 e. The predicted molar refractivity (Wildman–Crippen MR) is 153 cm³/mol. The molecule has 0 spiro atoms. The van der Waals surface area contributed by atoms with Gasteiger partial charge in [-0.1, -0.05) is 49.7 Å². The topological polar surface area (TPSA) is 116 Å². The van der Waals surface area contributed by atoms with Gasteiger partial charge in [-0.15, -0.1) is 11.3 Å². The largest absolute Gasteiger partial charge is 0.424 e. The number of rotatable bonds is 4. The summed E-state index contributed by atoms with van der Waals surface area (Å²) in [5, 5.41) is 18.8. The van der Waals surface area contributed by atoms with Crippen molar-refractivity contribution in [1.82, 2.24) is 9.88 Å². The first-order chi connectivity index (χ1) is 17.7. The van der Waals surface area contributed by atoms with Crippen LogP contribution in [-0.4, -0.2) is 40.2 Å². The number of nitrogens with one attached hydrogen (secondary N) is 2. The van der Waals surface area contributed by atoms with Gasteiger partial charge in [0, 0.05) is 28.7 Å². The molecule has 0 radical (unpaired) electrons. The Morgan fingerprint density at radius 2 is 1.73 bits per heavy atom. The summed E-state index contributed by atoms with van der Waals surface area (Å²) in [5.74, 6) is -0.443. The fraction of sp³-hybridized carbons (Fsp3) is 0.379. The van der Waals surface area contributed by atoms with Crippen molar-refractivity contribution in [2.45, 2.75) is 66.5 Å². The summed E-state index contributed by atoms with van der Waals surface area (Å²) in [7, 11) is 0. The maximum Gasteiger partial charge on any atom is 0.254 e. The number of aryl methyl sites for hydroxylation is 3. The van der Waals surface area contributed by atoms with Crippen molar-refractivity contribution < 1.29 is 9.53 Å². The van der Waals surface area contributed by atoms with Crippen LogP contribution in [0, 0.1) is 31.6 Å². The Kier molecular flexibility index (Phi) is 11.6. The van der Waals surface area contributed by atoms with Crippen LogP contribution in [-0.2, 0) is 4.74 Å². The van der Waals surface area contributed by atoms with Gasteiger partial charge in [-0.3, -0.25) is 15.6 Å². The first kappa shape index (κ1) is 29.9. The van der Waals surface area contributed by atoms with Gasteiger partial charge in [0.25, 0.3) is 5.91 Å². The van der Waals surface area contributed by atoms with E-state index in [1.165, 1.54) is 5.56 Å². The van der Waals surface area contributed by atoms with Crippen LogP contribution in [0.2, 0.25) is 0 Å². The van der Waals surface area contributed by atoms with Gasteiger partial charge in [-0.05, 0) is 64.3 Å². The molecule has 1 fully saturated rings. The molecule has 37 heavy (non-hydrogen) atoms. The molecular formula is C29H39N5O2S. The van der Waals surface area contributed by atoms with Gasteiger partial charge in [-0.2, -0.15) is 0 Å². The molecule has 1 aliphatic rings. The highest BCUT2D eigenvalue weighted by atomic mass is 32.1. The number of nitrogens with two attached hydrogens (primary N) is 1. The van der Waals surface area contributed by atoms with Crippen LogP contribution in [0.15, 0.2) is 53.9 Å². The van der Waals surface area contributed by atoms with Crippen LogP contribution in [0.4, 0.5) is 0 Å². The first-order valence-electron chi connectivity index (χ1n) is 12.6. The number of amides is 1. The second-order valence-electron chi connectivity index (χ2n) is 8.81. The molecular weight excluding hydrogens is 482 g/mol. The average Bonchev–Trinajstić information content (AvgIpc) is 3.54. The van der Waals surface area contributed by atoms with E-state index in [0.717, 1.165) is 29.1 Å². The third-order valence-electron chi connectivity index (χ3n) is 5.59. The second-order valence-corrected chi connectivity index (χ2v) is 9.70. The van der Waals surface area contributed by atoms with E-state index in [1.807, 2.05) is 62.2 Å². The maximum absolute atomic E-state index is 13.2. The molecule has 1 unspecified atom stereocenters. The van der Waals surface area contributed by atoms with E-state index in [9.17, 15) is 4.79 Å². The number of hydrogen-bond acceptors (Lipinski definition) is 7. The Morgan fingerprint density at radius 3 is 2.27 bits per heavy atom. The molecule has 2 atom stereocenters. The fourth-order valence-corrected chi connectivity index (χ4v) is 4.73. The summed E-state index contributed by atoms with van der Waals surface area (Å²) >= 11 is 1.59. The Bertz CT molecular complexity index is 1190. The van der Waals surface area contributed by atoms with Crippen molar-refractivity contribution in [3.05, 3.63) is 86.9 Å². The van der Waals surface area contributed by atoms with E-state index >= 15 is 0 Å². The normalized spacial score (nSPS) is 15.0. The maximum atomic E-state index is 13.2. The van der Waals surface area contributed by atoms with Crippen LogP contribution >= 0.6 is 11.3 Å². The van der Waals surface area contributed by atoms with Crippen molar-refractivity contribution in [3.63, 3.8) is 0 Å². The molecule has 1 aliphatic heterocycles. The summed E-state index contributed by atoms with van der Waals surface area (Å²) in [5.41, 5.74) is 9.72. The standard InChI is InChI=1S/C20H25N5O2S.C7H8.C2H6/c1-11-7-14(18(23)27-17(22)13(3)21)9-15(8-11)20(26)25-6-4-5-16(25)19-24-12(2)10-28-19;1-7-5-3-2-4-6-7;1-2/h7-10,13,16,22-23H,4-6,21H2,1-3H3;2-6H,1H3;1-2H3/t13?,16-;;/m1../s1. The number of thiazole rings is 1. The molecule has 2 aromatic carbocycles. The van der Waals surface area contributed by atoms with Gasteiger partial charge in [0.2, 0.25) is 11.8 Å². The molecule has 0 aliphatic carbocycles. The van der Waals surface area contributed by atoms with Crippen molar-refractivity contribution in [3.8, 4) is 0 Å². The average molecular weight is 522 g/mol. The minimum absolute atomic E-state index is 0.00266. The molecule has 1 saturated heterocycles. The summed E-state index contributed by atoms with van der Waals surface area (Å²) in [4.78, 5) is 19.7. The summed E-state index contributed by atoms with van der Waals surface area (Å²) in [6.07, 6.45) is 1.85. The Hall–Kier alpha value is -3.36. The SMILES string of the molecule is CC.Cc1cc(C(=N)OC(=N)C(C)N)cc(C(=O)N2CCC[C@@H]2c2nc(C)cs2)c1.Cc1ccccc1. The van der Waals surface area contributed by atoms with E-state index < -0.39 is 6.04 Å². The van der Waals surface area contributed by atoms with Crippen LogP contribution in [0.3, 0.4) is 0 Å². The molecule has 8 heteroatoms. The predicted octanol–water partition coefficient (Wildman–Crippen LogP) is 6.42. The van der Waals surface area contributed by atoms with Crippen molar-refractivity contribution in [1.29, 1.82) is 10.8 Å². The van der Waals surface area contributed by atoms with Gasteiger partial charge < -0.3 is 15.4 Å². The third-order valence-corrected chi connectivity index (χ3v) is 6.65. The van der Waals surface area contributed by atoms with E-state index in [1.54, 1.807) is 30.4 Å². The Morgan fingerprint density at radius 1 is 1.08 bits per heavy atom. The summed E-state index contributed by atoms with van der Waals surface area (Å²) in [6, 6.07) is 14.9. The fourth-order valence-electron chi connectivity index (χ4n) is 3.79. The smallest absolute Gasteiger partial charge is 0.254 e. The molecule has 7 nitrogen and oxygen atoms in total. The number of likely N-dealkylation sites (tertiary alicyclic amines) is 1. The second kappa shape index (κ2) is 14.4. The van der Waals surface area contributed by atoms with E-state index in [-0.39, 0.29) is 23.7 Å². The number of ether oxygens (including phenoxy) is 1.